The number of aromatic nitrogens is 4. The quantitative estimate of drug-likeness (QED) is 0.770. The Bertz CT molecular complexity index is 935. The summed E-state index contributed by atoms with van der Waals surface area (Å²) >= 11 is 0. The van der Waals surface area contributed by atoms with E-state index >= 15 is 0 Å². The second-order valence-electron chi connectivity index (χ2n) is 6.65. The number of fused-ring (bicyclic) bond motifs is 1. The second-order valence-corrected chi connectivity index (χ2v) is 6.65. The minimum atomic E-state index is -0.581. The van der Waals surface area contributed by atoms with Gasteiger partial charge in [0, 0.05) is 17.9 Å². The van der Waals surface area contributed by atoms with Gasteiger partial charge in [-0.25, -0.2) is 0 Å². The molecule has 0 saturated heterocycles. The van der Waals surface area contributed by atoms with Crippen LogP contribution in [-0.4, -0.2) is 25.5 Å². The molecule has 0 fully saturated rings. The van der Waals surface area contributed by atoms with Gasteiger partial charge in [-0.2, -0.15) is 9.50 Å². The van der Waals surface area contributed by atoms with E-state index < -0.39 is 5.41 Å². The molecule has 1 amide bonds. The maximum Gasteiger partial charge on any atom is 0.254 e. The average molecular weight is 325 g/mol. The molecule has 124 valence electrons. The summed E-state index contributed by atoms with van der Waals surface area (Å²) in [6, 6.07) is 11.1. The van der Waals surface area contributed by atoms with Crippen LogP contribution in [-0.2, 0) is 11.2 Å². The standard InChI is InChI=1S/C17H19N5O2/c1-17(2,3)15(24)19-13-10-14(23)20-16-18-12(21-22(13)16)9-11-7-5-4-6-8-11/h4-8,10H,9H2,1-3H3,(H,19,24)(H,18,20,21,23). The van der Waals surface area contributed by atoms with Crippen LogP contribution >= 0.6 is 0 Å². The van der Waals surface area contributed by atoms with E-state index in [1.54, 1.807) is 20.8 Å². The summed E-state index contributed by atoms with van der Waals surface area (Å²) in [4.78, 5) is 31.0. The smallest absolute Gasteiger partial charge is 0.254 e. The van der Waals surface area contributed by atoms with E-state index in [0.717, 1.165) is 5.56 Å². The van der Waals surface area contributed by atoms with Crippen molar-refractivity contribution in [3.63, 3.8) is 0 Å². The first-order valence-electron chi connectivity index (χ1n) is 7.67. The van der Waals surface area contributed by atoms with E-state index in [1.807, 2.05) is 30.3 Å². The van der Waals surface area contributed by atoms with Crippen LogP contribution in [0.5, 0.6) is 0 Å². The Morgan fingerprint density at radius 2 is 1.96 bits per heavy atom. The number of nitrogens with zero attached hydrogens (tertiary/aromatic N) is 3. The van der Waals surface area contributed by atoms with Crippen molar-refractivity contribution in [2.75, 3.05) is 5.32 Å². The lowest BCUT2D eigenvalue weighted by molar-refractivity contribution is -0.123. The van der Waals surface area contributed by atoms with E-state index in [-0.39, 0.29) is 11.5 Å². The largest absolute Gasteiger partial charge is 0.310 e. The molecule has 0 radical (unpaired) electrons. The first-order chi connectivity index (χ1) is 11.3. The molecule has 2 aromatic heterocycles. The Morgan fingerprint density at radius 3 is 2.62 bits per heavy atom. The van der Waals surface area contributed by atoms with Gasteiger partial charge in [-0.1, -0.05) is 51.1 Å². The average Bonchev–Trinajstić information content (AvgIpc) is 2.89. The van der Waals surface area contributed by atoms with Crippen molar-refractivity contribution in [1.82, 2.24) is 19.6 Å². The van der Waals surface area contributed by atoms with Crippen molar-refractivity contribution in [2.45, 2.75) is 27.2 Å². The molecule has 2 heterocycles. The fourth-order valence-corrected chi connectivity index (χ4v) is 2.18. The van der Waals surface area contributed by atoms with Crippen molar-refractivity contribution in [1.29, 1.82) is 0 Å². The number of carbonyl (C=O) groups is 1. The molecule has 24 heavy (non-hydrogen) atoms. The topological polar surface area (TPSA) is 92.1 Å². The van der Waals surface area contributed by atoms with Gasteiger partial charge in [0.2, 0.25) is 11.7 Å². The minimum Gasteiger partial charge on any atom is -0.310 e. The van der Waals surface area contributed by atoms with E-state index in [1.165, 1.54) is 10.6 Å². The summed E-state index contributed by atoms with van der Waals surface area (Å²) in [5.74, 6) is 0.974. The van der Waals surface area contributed by atoms with Gasteiger partial charge in [0.05, 0.1) is 0 Å². The molecule has 0 atom stereocenters. The molecule has 0 aliphatic carbocycles. The molecule has 2 N–H and O–H groups in total. The van der Waals surface area contributed by atoms with Crippen LogP contribution in [0.25, 0.3) is 5.78 Å². The van der Waals surface area contributed by atoms with Gasteiger partial charge in [0.25, 0.3) is 5.56 Å². The van der Waals surface area contributed by atoms with Gasteiger partial charge < -0.3 is 5.32 Å². The fraction of sp³-hybridized carbons (Fsp3) is 0.294. The van der Waals surface area contributed by atoms with Gasteiger partial charge in [0.1, 0.15) is 5.82 Å². The van der Waals surface area contributed by atoms with Crippen LogP contribution in [0.1, 0.15) is 32.2 Å². The van der Waals surface area contributed by atoms with Gasteiger partial charge >= 0.3 is 0 Å². The van der Waals surface area contributed by atoms with Gasteiger partial charge in [-0.05, 0) is 5.56 Å². The normalized spacial score (nSPS) is 11.6. The number of aromatic amines is 1. The van der Waals surface area contributed by atoms with Crippen LogP contribution in [0.4, 0.5) is 5.82 Å². The monoisotopic (exact) mass is 325 g/mol. The Hall–Kier alpha value is -2.96. The lowest BCUT2D eigenvalue weighted by atomic mass is 9.96. The highest BCUT2D eigenvalue weighted by Gasteiger charge is 2.22. The molecular formula is C17H19N5O2. The van der Waals surface area contributed by atoms with Crippen molar-refractivity contribution < 1.29 is 4.79 Å². The molecule has 1 aromatic carbocycles. The first-order valence-corrected chi connectivity index (χ1v) is 7.67. The number of amides is 1. The number of hydrogen-bond acceptors (Lipinski definition) is 4. The van der Waals surface area contributed by atoms with Crippen molar-refractivity contribution in [3.05, 3.63) is 58.1 Å². The third-order valence-electron chi connectivity index (χ3n) is 3.51. The Labute approximate surface area is 138 Å². The van der Waals surface area contributed by atoms with Gasteiger partial charge in [0.15, 0.2) is 5.82 Å². The van der Waals surface area contributed by atoms with Crippen LogP contribution in [0.2, 0.25) is 0 Å². The number of carbonyl (C=O) groups excluding carboxylic acids is 1. The SMILES string of the molecule is CC(C)(C)C(=O)Nc1cc(=O)[nH]c2nc(Cc3ccccc3)nn12. The zero-order valence-electron chi connectivity index (χ0n) is 13.8. The molecule has 7 heteroatoms. The summed E-state index contributed by atoms with van der Waals surface area (Å²) in [7, 11) is 0. The molecule has 0 spiro atoms. The first kappa shape index (κ1) is 15.9. The minimum absolute atomic E-state index is 0.200. The predicted molar refractivity (Wildman–Crippen MR) is 90.9 cm³/mol. The van der Waals surface area contributed by atoms with Gasteiger partial charge in [-0.15, -0.1) is 5.10 Å². The van der Waals surface area contributed by atoms with E-state index in [4.69, 9.17) is 0 Å². The lowest BCUT2D eigenvalue weighted by Gasteiger charge is -2.17. The number of hydrogen-bond donors (Lipinski definition) is 2. The third-order valence-corrected chi connectivity index (χ3v) is 3.51. The van der Waals surface area contributed by atoms with Crippen molar-refractivity contribution in [2.24, 2.45) is 5.41 Å². The molecular weight excluding hydrogens is 306 g/mol. The second kappa shape index (κ2) is 5.92. The Morgan fingerprint density at radius 1 is 1.25 bits per heavy atom. The number of nitrogens with one attached hydrogen (secondary N) is 2. The highest BCUT2D eigenvalue weighted by Crippen LogP contribution is 2.17. The third kappa shape index (κ3) is 3.34. The molecule has 7 nitrogen and oxygen atoms in total. The number of H-pyrrole nitrogens is 1. The van der Waals surface area contributed by atoms with Crippen LogP contribution in [0.15, 0.2) is 41.2 Å². The van der Waals surface area contributed by atoms with E-state index in [0.29, 0.717) is 23.8 Å². The summed E-state index contributed by atoms with van der Waals surface area (Å²) in [6.07, 6.45) is 0.539. The van der Waals surface area contributed by atoms with E-state index in [9.17, 15) is 9.59 Å². The molecule has 0 bridgehead atoms. The number of rotatable bonds is 3. The molecule has 0 unspecified atom stereocenters. The Kier molecular flexibility index (Phi) is 3.92. The van der Waals surface area contributed by atoms with Crippen molar-refractivity contribution >= 4 is 17.5 Å². The summed E-state index contributed by atoms with van der Waals surface area (Å²) in [5, 5.41) is 7.15. The Balaban J connectivity index is 1.98. The highest BCUT2D eigenvalue weighted by molar-refractivity contribution is 5.93. The summed E-state index contributed by atoms with van der Waals surface area (Å²) in [6.45, 7) is 5.40. The maximum absolute atomic E-state index is 12.2. The van der Waals surface area contributed by atoms with Crippen LogP contribution in [0, 0.1) is 5.41 Å². The maximum atomic E-state index is 12.2. The number of anilines is 1. The van der Waals surface area contributed by atoms with Crippen molar-refractivity contribution in [3.8, 4) is 0 Å². The molecule has 0 aliphatic rings. The zero-order chi connectivity index (χ0) is 17.3. The molecule has 3 aromatic rings. The predicted octanol–water partition coefficient (Wildman–Crippen LogP) is 1.99. The summed E-state index contributed by atoms with van der Waals surface area (Å²) in [5.41, 5.74) is 0.143. The summed E-state index contributed by atoms with van der Waals surface area (Å²) < 4.78 is 1.45. The zero-order valence-corrected chi connectivity index (χ0v) is 13.8. The molecule has 0 aliphatic heterocycles. The van der Waals surface area contributed by atoms with Crippen LogP contribution in [0.3, 0.4) is 0 Å². The lowest BCUT2D eigenvalue weighted by Crippen LogP contribution is -2.29. The van der Waals surface area contributed by atoms with Gasteiger partial charge in [-0.3, -0.25) is 14.6 Å². The fourth-order valence-electron chi connectivity index (χ4n) is 2.18. The highest BCUT2D eigenvalue weighted by atomic mass is 16.2. The molecule has 0 saturated carbocycles. The number of benzene rings is 1. The molecule has 3 rings (SSSR count). The van der Waals surface area contributed by atoms with Crippen LogP contribution < -0.4 is 10.9 Å². The van der Waals surface area contributed by atoms with E-state index in [2.05, 4.69) is 20.4 Å².